The molecule has 2 amide bonds. The summed E-state index contributed by atoms with van der Waals surface area (Å²) in [7, 11) is -2.24. The number of carbonyl (C=O) groups excluding carboxylic acids is 2. The first kappa shape index (κ1) is 18.2. The second kappa shape index (κ2) is 6.48. The largest absolute Gasteiger partial charge is 0.453 e. The van der Waals surface area contributed by atoms with E-state index in [-0.39, 0.29) is 23.9 Å². The molecule has 0 spiro atoms. The third-order valence-corrected chi connectivity index (χ3v) is 5.02. The van der Waals surface area contributed by atoms with Gasteiger partial charge < -0.3 is 24.8 Å². The summed E-state index contributed by atoms with van der Waals surface area (Å²) in [6.07, 6.45) is 0.523. The van der Waals surface area contributed by atoms with Gasteiger partial charge in [-0.2, -0.15) is 4.40 Å². The molecule has 0 bridgehead atoms. The van der Waals surface area contributed by atoms with Crippen molar-refractivity contribution in [1.82, 2.24) is 14.9 Å². The van der Waals surface area contributed by atoms with Crippen LogP contribution in [0, 0.1) is 0 Å². The van der Waals surface area contributed by atoms with Crippen LogP contribution in [0.4, 0.5) is 16.4 Å². The van der Waals surface area contributed by atoms with Gasteiger partial charge in [-0.05, 0) is 18.2 Å². The lowest BCUT2D eigenvalue weighted by atomic mass is 10.1. The lowest BCUT2D eigenvalue weighted by Gasteiger charge is -2.40. The van der Waals surface area contributed by atoms with E-state index in [2.05, 4.69) is 24.8 Å². The predicted octanol–water partition coefficient (Wildman–Crippen LogP) is -0.655. The molecule has 0 aromatic carbocycles. The number of anilines is 2. The second-order valence-electron chi connectivity index (χ2n) is 6.65. The Morgan fingerprint density at radius 3 is 2.82 bits per heavy atom. The molecule has 1 fully saturated rings. The average Bonchev–Trinajstić information content (AvgIpc) is 2.97. The number of hydrogen-bond acceptors (Lipinski definition) is 7. The number of fused-ring (bicyclic) bond motifs is 3. The van der Waals surface area contributed by atoms with Gasteiger partial charge in [0.25, 0.3) is 10.0 Å². The molecule has 0 unspecified atom stereocenters. The predicted molar refractivity (Wildman–Crippen MR) is 99.4 cm³/mol. The fourth-order valence-corrected chi connectivity index (χ4v) is 3.77. The van der Waals surface area contributed by atoms with E-state index >= 15 is 0 Å². The first-order chi connectivity index (χ1) is 13.2. The van der Waals surface area contributed by atoms with Crippen molar-refractivity contribution >= 4 is 33.7 Å². The van der Waals surface area contributed by atoms with Crippen molar-refractivity contribution in [3.05, 3.63) is 23.6 Å². The maximum absolute atomic E-state index is 12.0. The van der Waals surface area contributed by atoms with Gasteiger partial charge in [0.05, 0.1) is 36.2 Å². The number of rotatable bonds is 3. The number of methoxy groups -OCH3 is 1. The van der Waals surface area contributed by atoms with Crippen LogP contribution in [0.2, 0.25) is 0 Å². The highest BCUT2D eigenvalue weighted by molar-refractivity contribution is 7.89. The fourth-order valence-electron chi connectivity index (χ4n) is 3.27. The number of hydrogen-bond donors (Lipinski definition) is 2. The van der Waals surface area contributed by atoms with Crippen molar-refractivity contribution in [2.45, 2.75) is 12.6 Å². The first-order valence-electron chi connectivity index (χ1n) is 8.43. The Kier molecular flexibility index (Phi) is 4.22. The maximum Gasteiger partial charge on any atom is 0.407 e. The van der Waals surface area contributed by atoms with Gasteiger partial charge >= 0.3 is 6.09 Å². The summed E-state index contributed by atoms with van der Waals surface area (Å²) < 4.78 is 32.9. The summed E-state index contributed by atoms with van der Waals surface area (Å²) in [6.45, 7) is 1.15. The van der Waals surface area contributed by atoms with Gasteiger partial charge in [-0.1, -0.05) is 0 Å². The lowest BCUT2D eigenvalue weighted by Crippen LogP contribution is -2.59. The molecular weight excluding hydrogens is 388 g/mol. The molecule has 0 radical (unpaired) electrons. The molecule has 0 saturated carbocycles. The van der Waals surface area contributed by atoms with Crippen molar-refractivity contribution in [3.63, 3.8) is 0 Å². The molecule has 3 aliphatic heterocycles. The highest BCUT2D eigenvalue weighted by Crippen LogP contribution is 2.35. The molecule has 0 aromatic rings. The molecule has 1 aliphatic carbocycles. The summed E-state index contributed by atoms with van der Waals surface area (Å²) >= 11 is 0. The molecule has 4 rings (SSSR count). The van der Waals surface area contributed by atoms with Crippen LogP contribution in [-0.2, 0) is 26.1 Å². The highest BCUT2D eigenvalue weighted by Gasteiger charge is 2.35. The van der Waals surface area contributed by atoms with Crippen molar-refractivity contribution in [2.75, 3.05) is 36.7 Å². The minimum Gasteiger partial charge on any atom is -0.453 e. The Morgan fingerprint density at radius 2 is 2.14 bits per heavy atom. The van der Waals surface area contributed by atoms with Crippen molar-refractivity contribution in [2.24, 2.45) is 4.40 Å². The maximum atomic E-state index is 12.0. The van der Waals surface area contributed by atoms with E-state index in [9.17, 15) is 18.0 Å². The Labute approximate surface area is 160 Å². The zero-order valence-electron chi connectivity index (χ0n) is 15.2. The van der Waals surface area contributed by atoms with E-state index in [1.54, 1.807) is 22.8 Å². The van der Waals surface area contributed by atoms with E-state index in [0.717, 1.165) is 6.26 Å². The Hall–Kier alpha value is -3.15. The number of nitrogens with one attached hydrogen (secondary N) is 2. The van der Waals surface area contributed by atoms with Gasteiger partial charge in [0, 0.05) is 13.1 Å². The topological polar surface area (TPSA) is 135 Å². The van der Waals surface area contributed by atoms with Crippen LogP contribution >= 0.6 is 0 Å². The molecule has 11 nitrogen and oxygen atoms in total. The molecule has 1 saturated heterocycles. The zero-order chi connectivity index (χ0) is 20.1. The smallest absolute Gasteiger partial charge is 0.407 e. The van der Waals surface area contributed by atoms with Crippen LogP contribution in [0.5, 0.6) is 0 Å². The summed E-state index contributed by atoms with van der Waals surface area (Å²) in [6, 6.07) is 4.76. The van der Waals surface area contributed by atoms with Gasteiger partial charge in [-0.25, -0.2) is 18.2 Å². The molecule has 0 atom stereocenters. The second-order valence-corrected chi connectivity index (χ2v) is 8.30. The quantitative estimate of drug-likeness (QED) is 0.691. The number of alkyl carbamates (subject to hydrolysis) is 1. The summed E-state index contributed by atoms with van der Waals surface area (Å²) in [5, 5.41) is 5.78. The monoisotopic (exact) mass is 406 g/mol. The first-order valence-corrected chi connectivity index (χ1v) is 10.3. The van der Waals surface area contributed by atoms with E-state index < -0.39 is 16.1 Å². The summed E-state index contributed by atoms with van der Waals surface area (Å²) in [5.74, 6) is 0.936. The van der Waals surface area contributed by atoms with Gasteiger partial charge in [0.1, 0.15) is 6.54 Å². The third-order valence-electron chi connectivity index (χ3n) is 4.48. The number of sulfonamides is 1. The van der Waals surface area contributed by atoms with E-state index in [1.807, 2.05) is 4.90 Å². The Bertz CT molecular complexity index is 1120. The molecule has 12 heteroatoms. The highest BCUT2D eigenvalue weighted by atomic mass is 32.2. The number of ether oxygens (including phenoxy) is 1. The number of aromatic nitrogens is 2. The molecule has 4 aliphatic rings. The van der Waals surface area contributed by atoms with Gasteiger partial charge in [0.2, 0.25) is 5.91 Å². The van der Waals surface area contributed by atoms with Crippen LogP contribution in [0.15, 0.2) is 22.6 Å². The zero-order valence-corrected chi connectivity index (χ0v) is 16.0. The van der Waals surface area contributed by atoms with Crippen LogP contribution in [-0.4, -0.2) is 62.5 Å². The van der Waals surface area contributed by atoms with E-state index in [4.69, 9.17) is 0 Å². The van der Waals surface area contributed by atoms with Gasteiger partial charge in [-0.15, -0.1) is 0 Å². The SMILES string of the molecule is COC(=O)NC1CN(c2nc3cc/c(=N/S(C)(=O)=O)cc-3n3c2NC(=O)C3)C1. The number of benzene rings is 1. The minimum absolute atomic E-state index is 0.0707. The van der Waals surface area contributed by atoms with Crippen molar-refractivity contribution in [1.29, 1.82) is 0 Å². The minimum atomic E-state index is -3.55. The number of nitrogens with zero attached hydrogens (tertiary/aromatic N) is 4. The van der Waals surface area contributed by atoms with Gasteiger partial charge in [-0.3, -0.25) is 4.79 Å². The molecule has 148 valence electrons. The lowest BCUT2D eigenvalue weighted by molar-refractivity contribution is -0.115. The molecule has 0 aromatic heterocycles. The normalized spacial score (nSPS) is 17.3. The van der Waals surface area contributed by atoms with Crippen LogP contribution in [0.3, 0.4) is 0 Å². The molecule has 28 heavy (non-hydrogen) atoms. The Balaban J connectivity index is 1.73. The molecule has 3 heterocycles. The van der Waals surface area contributed by atoms with E-state index in [0.29, 0.717) is 36.1 Å². The average molecular weight is 406 g/mol. The standard InChI is InChI=1S/C16H18N6O5S/c1-27-16(24)17-10-6-21(7-10)14-15-19-13(23)8-22(15)12-5-9(20-28(2,25)26)3-4-11(12)18-14/h3-5,10H,6-8H2,1-2H3,(H,17,24)(H,19,23)/b20-9-. The Morgan fingerprint density at radius 1 is 1.39 bits per heavy atom. The third kappa shape index (κ3) is 3.38. The summed E-state index contributed by atoms with van der Waals surface area (Å²) in [5.41, 5.74) is 1.21. The van der Waals surface area contributed by atoms with Crippen molar-refractivity contribution < 1.29 is 22.7 Å². The fraction of sp³-hybridized carbons (Fsp3) is 0.375. The molecular formula is C16H18N6O5S. The number of carbonyl (C=O) groups is 2. The van der Waals surface area contributed by atoms with Crippen LogP contribution < -0.4 is 20.9 Å². The van der Waals surface area contributed by atoms with Gasteiger partial charge in [0.15, 0.2) is 11.6 Å². The van der Waals surface area contributed by atoms with Crippen LogP contribution in [0.25, 0.3) is 11.4 Å². The molecule has 2 N–H and O–H groups in total. The van der Waals surface area contributed by atoms with Crippen molar-refractivity contribution in [3.8, 4) is 11.4 Å². The van der Waals surface area contributed by atoms with Crippen LogP contribution in [0.1, 0.15) is 0 Å². The van der Waals surface area contributed by atoms with E-state index in [1.165, 1.54) is 7.11 Å². The number of amides is 2. The summed E-state index contributed by atoms with van der Waals surface area (Å²) in [4.78, 5) is 29.9.